The van der Waals surface area contributed by atoms with Crippen molar-refractivity contribution in [1.29, 1.82) is 0 Å². The van der Waals surface area contributed by atoms with Gasteiger partial charge in [-0.25, -0.2) is 0 Å². The first-order valence-corrected chi connectivity index (χ1v) is 18.4. The number of methoxy groups -OCH3 is 1. The Morgan fingerprint density at radius 3 is 2.15 bits per heavy atom. The van der Waals surface area contributed by atoms with Crippen molar-refractivity contribution in [2.45, 2.75) is 140 Å². The number of aryl methyl sites for hydroxylation is 1. The van der Waals surface area contributed by atoms with E-state index in [-0.39, 0.29) is 55.0 Å². The molecule has 1 aliphatic carbocycles. The van der Waals surface area contributed by atoms with Crippen LogP contribution in [-0.4, -0.2) is 70.1 Å². The molecule has 3 saturated heterocycles. The van der Waals surface area contributed by atoms with Crippen LogP contribution in [0.3, 0.4) is 0 Å². The summed E-state index contributed by atoms with van der Waals surface area (Å²) in [5, 5.41) is 0. The Bertz CT molecular complexity index is 1060. The maximum Gasteiger partial charge on any atom is 0.305 e. The van der Waals surface area contributed by atoms with Crippen molar-refractivity contribution >= 4 is 5.97 Å². The van der Waals surface area contributed by atoms with E-state index in [2.05, 4.69) is 54.6 Å². The fraction of sp³-hybridized carbons (Fsp3) is 0.718. The Hall–Kier alpha value is -2.07. The molecule has 1 aromatic carbocycles. The van der Waals surface area contributed by atoms with Gasteiger partial charge in [0.1, 0.15) is 0 Å². The van der Waals surface area contributed by atoms with Crippen molar-refractivity contribution in [3.63, 3.8) is 0 Å². The van der Waals surface area contributed by atoms with Gasteiger partial charge in [0, 0.05) is 38.6 Å². The number of carbonyl (C=O) groups excluding carboxylic acids is 1. The van der Waals surface area contributed by atoms with Crippen molar-refractivity contribution in [2.75, 3.05) is 26.9 Å². The highest BCUT2D eigenvalue weighted by molar-refractivity contribution is 5.69. The zero-order valence-corrected chi connectivity index (χ0v) is 28.5. The van der Waals surface area contributed by atoms with E-state index in [4.69, 9.17) is 33.2 Å². The van der Waals surface area contributed by atoms with E-state index >= 15 is 0 Å². The Kier molecular flexibility index (Phi) is 15.8. The van der Waals surface area contributed by atoms with Crippen molar-refractivity contribution < 1.29 is 38.0 Å². The number of carbonyl (C=O) groups is 1. The molecule has 3 heterocycles. The van der Waals surface area contributed by atoms with E-state index in [0.717, 1.165) is 116 Å². The maximum atomic E-state index is 11.6. The zero-order chi connectivity index (χ0) is 32.5. The Balaban J connectivity index is 1.33. The summed E-state index contributed by atoms with van der Waals surface area (Å²) in [6.07, 6.45) is 23.5. The van der Waals surface area contributed by atoms with Crippen LogP contribution >= 0.6 is 0 Å². The molecular weight excluding hydrogens is 596 g/mol. The first-order chi connectivity index (χ1) is 23.2. The lowest BCUT2D eigenvalue weighted by atomic mass is 9.89. The van der Waals surface area contributed by atoms with Crippen molar-refractivity contribution in [1.82, 2.24) is 0 Å². The molecule has 8 nitrogen and oxygen atoms in total. The monoisotopic (exact) mass is 654 g/mol. The average molecular weight is 655 g/mol. The second-order valence-electron chi connectivity index (χ2n) is 13.5. The van der Waals surface area contributed by atoms with Crippen LogP contribution in [0.4, 0.5) is 0 Å². The predicted molar refractivity (Wildman–Crippen MR) is 181 cm³/mol. The molecule has 0 aromatic heterocycles. The molecule has 8 heteroatoms. The average Bonchev–Trinajstić information content (AvgIpc) is 3.43. The number of hydrogen-bond acceptors (Lipinski definition) is 8. The van der Waals surface area contributed by atoms with Gasteiger partial charge in [0.2, 0.25) is 0 Å². The number of rotatable bonds is 17. The molecule has 262 valence electrons. The summed E-state index contributed by atoms with van der Waals surface area (Å²) in [5.74, 6) is 0.180. The topological polar surface area (TPSA) is 81.7 Å². The molecule has 3 unspecified atom stereocenters. The molecular formula is C39H58O8. The van der Waals surface area contributed by atoms with Gasteiger partial charge < -0.3 is 33.2 Å². The smallest absolute Gasteiger partial charge is 0.305 e. The van der Waals surface area contributed by atoms with Gasteiger partial charge in [-0.3, -0.25) is 4.79 Å². The quantitative estimate of drug-likeness (QED) is 0.0955. The van der Waals surface area contributed by atoms with Gasteiger partial charge in [-0.1, -0.05) is 54.6 Å². The second-order valence-corrected chi connectivity index (χ2v) is 13.5. The summed E-state index contributed by atoms with van der Waals surface area (Å²) in [6.45, 7) is 2.27. The lowest BCUT2D eigenvalue weighted by molar-refractivity contribution is -0.203. The van der Waals surface area contributed by atoms with Gasteiger partial charge >= 0.3 is 5.97 Å². The minimum Gasteiger partial charge on any atom is -0.469 e. The second kappa shape index (κ2) is 20.4. The molecule has 0 radical (unpaired) electrons. The van der Waals surface area contributed by atoms with Crippen LogP contribution in [0.1, 0.15) is 102 Å². The third kappa shape index (κ3) is 12.4. The standard InChI is InChI=1S/C39H58O8/c1-41-36(40)18-8-3-2-7-17-32-33(25-24-31(45-37-19-9-12-26-42-37)23-22-30-15-5-4-6-16-30)35(47-39-21-11-14-28-44-39)29-34(32)46-38-20-10-13-27-43-38/h2,4-7,15-16,24-25,31-35,37-39H,3,8-14,17-23,26-29H2,1H3/b7-2-,25-24+/t31?,32-,33-,34+,35-,37+,38?,39?/m1/s1. The van der Waals surface area contributed by atoms with Gasteiger partial charge in [0.15, 0.2) is 18.9 Å². The highest BCUT2D eigenvalue weighted by Gasteiger charge is 2.45. The van der Waals surface area contributed by atoms with E-state index in [0.29, 0.717) is 6.42 Å². The van der Waals surface area contributed by atoms with E-state index in [1.807, 2.05) is 0 Å². The summed E-state index contributed by atoms with van der Waals surface area (Å²) in [6, 6.07) is 10.6. The number of esters is 1. The molecule has 0 spiro atoms. The fourth-order valence-electron chi connectivity index (χ4n) is 7.26. The molecule has 5 rings (SSSR count). The number of unbranched alkanes of at least 4 members (excludes halogenated alkanes) is 1. The molecule has 0 amide bonds. The van der Waals surface area contributed by atoms with E-state index in [9.17, 15) is 4.79 Å². The molecule has 1 saturated carbocycles. The van der Waals surface area contributed by atoms with Crippen LogP contribution in [0.25, 0.3) is 0 Å². The van der Waals surface area contributed by atoms with E-state index in [1.54, 1.807) is 0 Å². The molecule has 4 aliphatic rings. The third-order valence-corrected chi connectivity index (χ3v) is 9.92. The van der Waals surface area contributed by atoms with Crippen molar-refractivity contribution in [3.05, 3.63) is 60.2 Å². The Morgan fingerprint density at radius 2 is 1.51 bits per heavy atom. The lowest BCUT2D eigenvalue weighted by Crippen LogP contribution is -2.31. The van der Waals surface area contributed by atoms with Crippen LogP contribution in [0.2, 0.25) is 0 Å². The normalized spacial score (nSPS) is 31.0. The fourth-order valence-corrected chi connectivity index (χ4v) is 7.26. The highest BCUT2D eigenvalue weighted by atomic mass is 16.7. The Morgan fingerprint density at radius 1 is 0.851 bits per heavy atom. The maximum absolute atomic E-state index is 11.6. The number of allylic oxidation sites excluding steroid dienone is 2. The summed E-state index contributed by atoms with van der Waals surface area (Å²) in [5.41, 5.74) is 1.31. The number of ether oxygens (including phenoxy) is 7. The first kappa shape index (κ1) is 36.2. The van der Waals surface area contributed by atoms with Gasteiger partial charge in [-0.2, -0.15) is 0 Å². The Labute approximate surface area is 282 Å². The van der Waals surface area contributed by atoms with Gasteiger partial charge in [-0.15, -0.1) is 0 Å². The SMILES string of the molecule is COC(=O)CCC/C=C\C[C@@H]1[C@@H](/C=C/C(CCc2ccccc2)O[C@H]2CCCCO2)[C@H](OC2CCCCO2)C[C@@H]1OC1CCCCO1. The molecule has 4 fully saturated rings. The molecule has 0 N–H and O–H groups in total. The first-order valence-electron chi connectivity index (χ1n) is 18.4. The summed E-state index contributed by atoms with van der Waals surface area (Å²) < 4.78 is 43.1. The zero-order valence-electron chi connectivity index (χ0n) is 28.5. The van der Waals surface area contributed by atoms with Crippen LogP contribution in [0.15, 0.2) is 54.6 Å². The van der Waals surface area contributed by atoms with Crippen LogP contribution < -0.4 is 0 Å². The highest BCUT2D eigenvalue weighted by Crippen LogP contribution is 2.42. The van der Waals surface area contributed by atoms with Gasteiger partial charge in [0.25, 0.3) is 0 Å². The van der Waals surface area contributed by atoms with Crippen LogP contribution in [0.5, 0.6) is 0 Å². The van der Waals surface area contributed by atoms with Gasteiger partial charge in [0.05, 0.1) is 25.4 Å². The molecule has 1 aromatic rings. The number of hydrogen-bond donors (Lipinski definition) is 0. The van der Waals surface area contributed by atoms with Gasteiger partial charge in [-0.05, 0) is 101 Å². The molecule has 8 atom stereocenters. The number of benzene rings is 1. The molecule has 3 aliphatic heterocycles. The predicted octanol–water partition coefficient (Wildman–Crippen LogP) is 7.84. The van der Waals surface area contributed by atoms with E-state index < -0.39 is 0 Å². The van der Waals surface area contributed by atoms with E-state index in [1.165, 1.54) is 12.7 Å². The molecule has 47 heavy (non-hydrogen) atoms. The van der Waals surface area contributed by atoms with Crippen LogP contribution in [0, 0.1) is 11.8 Å². The third-order valence-electron chi connectivity index (χ3n) is 9.92. The van der Waals surface area contributed by atoms with Crippen LogP contribution in [-0.2, 0) is 44.4 Å². The van der Waals surface area contributed by atoms with Crippen molar-refractivity contribution in [2.24, 2.45) is 11.8 Å². The summed E-state index contributed by atoms with van der Waals surface area (Å²) in [4.78, 5) is 11.6. The van der Waals surface area contributed by atoms with Crippen molar-refractivity contribution in [3.8, 4) is 0 Å². The summed E-state index contributed by atoms with van der Waals surface area (Å²) >= 11 is 0. The summed E-state index contributed by atoms with van der Waals surface area (Å²) in [7, 11) is 1.44. The molecule has 0 bridgehead atoms. The minimum absolute atomic E-state index is 0.00595. The minimum atomic E-state index is -0.176. The lowest BCUT2D eigenvalue weighted by Gasteiger charge is -2.30. The largest absolute Gasteiger partial charge is 0.469 e.